The molecule has 1 aromatic heterocycles. The van der Waals surface area contributed by atoms with Crippen LogP contribution in [0.2, 0.25) is 0 Å². The lowest BCUT2D eigenvalue weighted by Crippen LogP contribution is -2.45. The fraction of sp³-hybridized carbons (Fsp3) is 0.444. The molecule has 0 saturated carbocycles. The average molecular weight is 317 g/mol. The molecular weight excluding hydrogens is 294 g/mol. The van der Waals surface area contributed by atoms with Crippen LogP contribution in [-0.2, 0) is 11.3 Å². The van der Waals surface area contributed by atoms with Crippen LogP contribution >= 0.6 is 11.3 Å². The molecule has 1 fully saturated rings. The van der Waals surface area contributed by atoms with E-state index in [1.54, 1.807) is 11.3 Å². The number of hydrogen-bond acceptors (Lipinski definition) is 4. The van der Waals surface area contributed by atoms with Crippen molar-refractivity contribution in [2.75, 3.05) is 19.8 Å². The SMILES string of the molecule is Cc1cccc(CN2CCOCC2CC(O)c2cccs2)c1. The minimum Gasteiger partial charge on any atom is -0.388 e. The van der Waals surface area contributed by atoms with Gasteiger partial charge in [0.2, 0.25) is 0 Å². The van der Waals surface area contributed by atoms with E-state index in [1.807, 2.05) is 17.5 Å². The molecule has 1 aliphatic rings. The van der Waals surface area contributed by atoms with Crippen LogP contribution in [0.5, 0.6) is 0 Å². The Hall–Kier alpha value is -1.20. The van der Waals surface area contributed by atoms with Crippen molar-refractivity contribution >= 4 is 11.3 Å². The zero-order valence-electron chi connectivity index (χ0n) is 12.9. The molecule has 0 bridgehead atoms. The van der Waals surface area contributed by atoms with Gasteiger partial charge in [-0.1, -0.05) is 35.9 Å². The second-order valence-corrected chi connectivity index (χ2v) is 6.93. The van der Waals surface area contributed by atoms with Crippen LogP contribution in [0.15, 0.2) is 41.8 Å². The maximum atomic E-state index is 10.4. The molecule has 0 amide bonds. The standard InChI is InChI=1S/C18H23NO2S/c1-14-4-2-5-15(10-14)12-19-7-8-21-13-16(19)11-17(20)18-6-3-9-22-18/h2-6,9-10,16-17,20H,7-8,11-13H2,1H3. The fourth-order valence-electron chi connectivity index (χ4n) is 3.01. The van der Waals surface area contributed by atoms with Crippen LogP contribution in [0.25, 0.3) is 0 Å². The Kier molecular flexibility index (Phi) is 5.26. The summed E-state index contributed by atoms with van der Waals surface area (Å²) >= 11 is 1.62. The van der Waals surface area contributed by atoms with Crippen LogP contribution in [0.3, 0.4) is 0 Å². The third-order valence-corrected chi connectivity index (χ3v) is 5.16. The molecule has 2 aromatic rings. The average Bonchev–Trinajstić information content (AvgIpc) is 3.04. The first-order valence-electron chi connectivity index (χ1n) is 7.81. The minimum atomic E-state index is -0.397. The molecule has 3 rings (SSSR count). The van der Waals surface area contributed by atoms with Gasteiger partial charge in [-0.15, -0.1) is 11.3 Å². The summed E-state index contributed by atoms with van der Waals surface area (Å²) < 4.78 is 5.64. The summed E-state index contributed by atoms with van der Waals surface area (Å²) in [6.45, 7) is 5.45. The topological polar surface area (TPSA) is 32.7 Å². The zero-order chi connectivity index (χ0) is 15.4. The van der Waals surface area contributed by atoms with E-state index in [9.17, 15) is 5.11 Å². The molecule has 3 nitrogen and oxygen atoms in total. The summed E-state index contributed by atoms with van der Waals surface area (Å²) in [5.41, 5.74) is 2.62. The van der Waals surface area contributed by atoms with Gasteiger partial charge in [-0.2, -0.15) is 0 Å². The molecule has 2 atom stereocenters. The number of aliphatic hydroxyl groups excluding tert-OH is 1. The Morgan fingerprint density at radius 3 is 3.05 bits per heavy atom. The van der Waals surface area contributed by atoms with Gasteiger partial charge in [0.25, 0.3) is 0 Å². The molecule has 0 radical (unpaired) electrons. The number of thiophene rings is 1. The van der Waals surface area contributed by atoms with E-state index in [-0.39, 0.29) is 6.04 Å². The third-order valence-electron chi connectivity index (χ3n) is 4.18. The van der Waals surface area contributed by atoms with Crippen molar-refractivity contribution in [3.63, 3.8) is 0 Å². The lowest BCUT2D eigenvalue weighted by atomic mass is 10.0. The number of aryl methyl sites for hydroxylation is 1. The lowest BCUT2D eigenvalue weighted by Gasteiger charge is -2.36. The molecule has 1 aromatic carbocycles. The van der Waals surface area contributed by atoms with E-state index >= 15 is 0 Å². The predicted molar refractivity (Wildman–Crippen MR) is 90.1 cm³/mol. The van der Waals surface area contributed by atoms with E-state index in [1.165, 1.54) is 11.1 Å². The van der Waals surface area contributed by atoms with Crippen molar-refractivity contribution < 1.29 is 9.84 Å². The second kappa shape index (κ2) is 7.38. The first-order valence-corrected chi connectivity index (χ1v) is 8.69. The molecular formula is C18H23NO2S. The van der Waals surface area contributed by atoms with Crippen LogP contribution < -0.4 is 0 Å². The van der Waals surface area contributed by atoms with Gasteiger partial charge >= 0.3 is 0 Å². The van der Waals surface area contributed by atoms with E-state index in [4.69, 9.17) is 4.74 Å². The molecule has 1 aliphatic heterocycles. The molecule has 1 N–H and O–H groups in total. The lowest BCUT2D eigenvalue weighted by molar-refractivity contribution is -0.0296. The Bertz CT molecular complexity index is 585. The molecule has 22 heavy (non-hydrogen) atoms. The summed E-state index contributed by atoms with van der Waals surface area (Å²) in [5, 5.41) is 12.4. The number of morpholine rings is 1. The molecule has 0 aliphatic carbocycles. The molecule has 2 unspecified atom stereocenters. The van der Waals surface area contributed by atoms with Crippen molar-refractivity contribution in [3.05, 3.63) is 57.8 Å². The molecule has 0 spiro atoms. The van der Waals surface area contributed by atoms with E-state index in [2.05, 4.69) is 36.1 Å². The Morgan fingerprint density at radius 2 is 2.27 bits per heavy atom. The van der Waals surface area contributed by atoms with Gasteiger partial charge in [-0.3, -0.25) is 4.90 Å². The smallest absolute Gasteiger partial charge is 0.0897 e. The molecule has 4 heteroatoms. The minimum absolute atomic E-state index is 0.270. The van der Waals surface area contributed by atoms with Crippen molar-refractivity contribution in [3.8, 4) is 0 Å². The fourth-order valence-corrected chi connectivity index (χ4v) is 3.74. The predicted octanol–water partition coefficient (Wildman–Crippen LogP) is 3.38. The monoisotopic (exact) mass is 317 g/mol. The highest BCUT2D eigenvalue weighted by Crippen LogP contribution is 2.26. The van der Waals surface area contributed by atoms with Crippen LogP contribution in [0, 0.1) is 6.92 Å². The number of hydrogen-bond donors (Lipinski definition) is 1. The number of aliphatic hydroxyl groups is 1. The van der Waals surface area contributed by atoms with Gasteiger partial charge in [0, 0.05) is 24.0 Å². The first kappa shape index (κ1) is 15.7. The highest BCUT2D eigenvalue weighted by molar-refractivity contribution is 7.10. The van der Waals surface area contributed by atoms with Gasteiger partial charge in [0.15, 0.2) is 0 Å². The maximum absolute atomic E-state index is 10.4. The third kappa shape index (κ3) is 3.96. The van der Waals surface area contributed by atoms with Gasteiger partial charge < -0.3 is 9.84 Å². The van der Waals surface area contributed by atoms with Gasteiger partial charge in [0.1, 0.15) is 0 Å². The van der Waals surface area contributed by atoms with Crippen LogP contribution in [0.4, 0.5) is 0 Å². The van der Waals surface area contributed by atoms with Crippen molar-refractivity contribution in [2.24, 2.45) is 0 Å². The number of benzene rings is 1. The van der Waals surface area contributed by atoms with Crippen LogP contribution in [0.1, 0.15) is 28.5 Å². The van der Waals surface area contributed by atoms with Crippen molar-refractivity contribution in [2.45, 2.75) is 32.0 Å². The van der Waals surface area contributed by atoms with E-state index in [0.29, 0.717) is 6.61 Å². The van der Waals surface area contributed by atoms with Crippen molar-refractivity contribution in [1.82, 2.24) is 4.90 Å². The molecule has 1 saturated heterocycles. The first-order chi connectivity index (χ1) is 10.7. The normalized spacial score (nSPS) is 20.9. The van der Waals surface area contributed by atoms with Crippen LogP contribution in [-0.4, -0.2) is 35.8 Å². The largest absolute Gasteiger partial charge is 0.388 e. The second-order valence-electron chi connectivity index (χ2n) is 5.96. The van der Waals surface area contributed by atoms with Crippen molar-refractivity contribution in [1.29, 1.82) is 0 Å². The van der Waals surface area contributed by atoms with Gasteiger partial charge in [-0.25, -0.2) is 0 Å². The quantitative estimate of drug-likeness (QED) is 0.917. The molecule has 118 valence electrons. The Morgan fingerprint density at radius 1 is 1.36 bits per heavy atom. The highest BCUT2D eigenvalue weighted by atomic mass is 32.1. The Labute approximate surface area is 136 Å². The summed E-state index contributed by atoms with van der Waals surface area (Å²) in [4.78, 5) is 3.48. The number of nitrogens with zero attached hydrogens (tertiary/aromatic N) is 1. The van der Waals surface area contributed by atoms with Gasteiger partial charge in [0.05, 0.1) is 19.3 Å². The summed E-state index contributed by atoms with van der Waals surface area (Å²) in [6, 6.07) is 12.9. The Balaban J connectivity index is 1.66. The summed E-state index contributed by atoms with van der Waals surface area (Å²) in [6.07, 6.45) is 0.332. The van der Waals surface area contributed by atoms with E-state index < -0.39 is 6.10 Å². The number of ether oxygens (including phenoxy) is 1. The van der Waals surface area contributed by atoms with E-state index in [0.717, 1.165) is 31.0 Å². The maximum Gasteiger partial charge on any atom is 0.0897 e. The van der Waals surface area contributed by atoms with Gasteiger partial charge in [-0.05, 0) is 30.4 Å². The summed E-state index contributed by atoms with van der Waals surface area (Å²) in [5.74, 6) is 0. The number of rotatable bonds is 5. The summed E-state index contributed by atoms with van der Waals surface area (Å²) in [7, 11) is 0. The zero-order valence-corrected chi connectivity index (χ0v) is 13.8. The highest BCUT2D eigenvalue weighted by Gasteiger charge is 2.26. The molecule has 2 heterocycles.